The molecular formula is C13H25N3O. The van der Waals surface area contributed by atoms with Crippen LogP contribution in [0.4, 0.5) is 0 Å². The first-order valence-electron chi connectivity index (χ1n) is 6.45. The summed E-state index contributed by atoms with van der Waals surface area (Å²) < 4.78 is 5.67. The number of morpholine rings is 1. The Kier molecular flexibility index (Phi) is 5.38. The van der Waals surface area contributed by atoms with Crippen molar-refractivity contribution in [3.05, 3.63) is 0 Å². The smallest absolute Gasteiger partial charge is 0.0967 e. The summed E-state index contributed by atoms with van der Waals surface area (Å²) >= 11 is 0. The molecule has 4 nitrogen and oxygen atoms in total. The Morgan fingerprint density at radius 1 is 1.47 bits per heavy atom. The van der Waals surface area contributed by atoms with Crippen LogP contribution in [-0.2, 0) is 4.74 Å². The van der Waals surface area contributed by atoms with Gasteiger partial charge in [0.1, 0.15) is 0 Å². The Morgan fingerprint density at radius 2 is 2.18 bits per heavy atom. The topological polar surface area (TPSA) is 48.3 Å². The van der Waals surface area contributed by atoms with E-state index in [1.807, 2.05) is 0 Å². The van der Waals surface area contributed by atoms with Crippen molar-refractivity contribution in [2.45, 2.75) is 51.8 Å². The molecule has 1 N–H and O–H groups in total. The first-order valence-corrected chi connectivity index (χ1v) is 6.45. The summed E-state index contributed by atoms with van der Waals surface area (Å²) in [6.45, 7) is 12.1. The van der Waals surface area contributed by atoms with Crippen LogP contribution in [0, 0.1) is 11.3 Å². The van der Waals surface area contributed by atoms with Gasteiger partial charge in [0.2, 0.25) is 0 Å². The van der Waals surface area contributed by atoms with Gasteiger partial charge in [-0.3, -0.25) is 10.2 Å². The van der Waals surface area contributed by atoms with E-state index in [-0.39, 0.29) is 11.6 Å². The third-order valence-electron chi connectivity index (χ3n) is 2.93. The van der Waals surface area contributed by atoms with E-state index < -0.39 is 0 Å². The van der Waals surface area contributed by atoms with Crippen LogP contribution in [0.3, 0.4) is 0 Å². The zero-order chi connectivity index (χ0) is 12.9. The van der Waals surface area contributed by atoms with E-state index in [9.17, 15) is 0 Å². The Morgan fingerprint density at radius 3 is 2.71 bits per heavy atom. The molecule has 0 radical (unpaired) electrons. The lowest BCUT2D eigenvalue weighted by molar-refractivity contribution is -0.0862. The molecule has 0 saturated carbocycles. The minimum absolute atomic E-state index is 0.0408. The summed E-state index contributed by atoms with van der Waals surface area (Å²) in [5, 5.41) is 12.3. The monoisotopic (exact) mass is 239 g/mol. The third kappa shape index (κ3) is 5.49. The highest BCUT2D eigenvalue weighted by atomic mass is 16.5. The molecule has 0 bridgehead atoms. The summed E-state index contributed by atoms with van der Waals surface area (Å²) in [6.07, 6.45) is 0.880. The fraction of sp³-hybridized carbons (Fsp3) is 0.923. The lowest BCUT2D eigenvalue weighted by atomic mass is 10.1. The van der Waals surface area contributed by atoms with Crippen molar-refractivity contribution in [2.24, 2.45) is 0 Å². The quantitative estimate of drug-likeness (QED) is 0.787. The third-order valence-corrected chi connectivity index (χ3v) is 2.93. The number of hydrogen-bond acceptors (Lipinski definition) is 4. The van der Waals surface area contributed by atoms with Crippen LogP contribution in [0.25, 0.3) is 0 Å². The lowest BCUT2D eigenvalue weighted by Crippen LogP contribution is -2.49. The van der Waals surface area contributed by atoms with Gasteiger partial charge in [0.05, 0.1) is 24.3 Å². The van der Waals surface area contributed by atoms with Crippen molar-refractivity contribution in [1.82, 2.24) is 10.2 Å². The minimum Gasteiger partial charge on any atom is -0.373 e. The van der Waals surface area contributed by atoms with Gasteiger partial charge in [-0.15, -0.1) is 0 Å². The normalized spacial score (nSPS) is 22.4. The molecule has 17 heavy (non-hydrogen) atoms. The van der Waals surface area contributed by atoms with Crippen LogP contribution in [0.2, 0.25) is 0 Å². The molecule has 1 fully saturated rings. The Bertz CT molecular complexity index is 270. The molecule has 1 saturated heterocycles. The van der Waals surface area contributed by atoms with Gasteiger partial charge in [0.25, 0.3) is 0 Å². The van der Waals surface area contributed by atoms with E-state index in [0.29, 0.717) is 6.04 Å². The van der Waals surface area contributed by atoms with E-state index in [2.05, 4.69) is 44.0 Å². The predicted octanol–water partition coefficient (Wildman–Crippen LogP) is 1.38. The van der Waals surface area contributed by atoms with Gasteiger partial charge in [-0.2, -0.15) is 5.26 Å². The highest BCUT2D eigenvalue weighted by Crippen LogP contribution is 2.16. The minimum atomic E-state index is -0.0497. The fourth-order valence-electron chi connectivity index (χ4n) is 2.20. The molecule has 0 amide bonds. The van der Waals surface area contributed by atoms with Crippen LogP contribution < -0.4 is 5.32 Å². The maximum absolute atomic E-state index is 9.05. The SMILES string of the molecule is CC(C)NC(C#N)CCN1CCOC(C)(C)C1. The first-order chi connectivity index (χ1) is 7.93. The number of rotatable bonds is 5. The molecule has 1 heterocycles. The maximum atomic E-state index is 9.05. The van der Waals surface area contributed by atoms with E-state index in [1.165, 1.54) is 0 Å². The number of nitrogens with one attached hydrogen (secondary N) is 1. The second kappa shape index (κ2) is 6.34. The van der Waals surface area contributed by atoms with Crippen LogP contribution in [-0.4, -0.2) is 48.8 Å². The summed E-state index contributed by atoms with van der Waals surface area (Å²) in [6, 6.07) is 2.65. The molecule has 0 aliphatic carbocycles. The average molecular weight is 239 g/mol. The Labute approximate surface area is 105 Å². The van der Waals surface area contributed by atoms with Gasteiger partial charge in [-0.25, -0.2) is 0 Å². The van der Waals surface area contributed by atoms with Gasteiger partial charge in [0, 0.05) is 25.7 Å². The molecule has 1 rings (SSSR count). The fourth-order valence-corrected chi connectivity index (χ4v) is 2.20. The van der Waals surface area contributed by atoms with Crippen molar-refractivity contribution < 1.29 is 4.74 Å². The van der Waals surface area contributed by atoms with Crippen molar-refractivity contribution in [3.8, 4) is 6.07 Å². The van der Waals surface area contributed by atoms with E-state index in [1.54, 1.807) is 0 Å². The molecule has 1 aliphatic rings. The van der Waals surface area contributed by atoms with Crippen LogP contribution in [0.1, 0.15) is 34.1 Å². The standard InChI is InChI=1S/C13H25N3O/c1-11(2)15-12(9-14)5-6-16-7-8-17-13(3,4)10-16/h11-12,15H,5-8,10H2,1-4H3. The van der Waals surface area contributed by atoms with Crippen molar-refractivity contribution in [3.63, 3.8) is 0 Å². The summed E-state index contributed by atoms with van der Waals surface area (Å²) in [5.74, 6) is 0. The van der Waals surface area contributed by atoms with E-state index in [0.717, 1.165) is 32.7 Å². The van der Waals surface area contributed by atoms with E-state index >= 15 is 0 Å². The molecule has 0 spiro atoms. The van der Waals surface area contributed by atoms with E-state index in [4.69, 9.17) is 10.00 Å². The number of hydrogen-bond donors (Lipinski definition) is 1. The predicted molar refractivity (Wildman–Crippen MR) is 68.8 cm³/mol. The molecule has 4 heteroatoms. The largest absolute Gasteiger partial charge is 0.373 e. The molecule has 1 aliphatic heterocycles. The van der Waals surface area contributed by atoms with Gasteiger partial charge >= 0.3 is 0 Å². The number of nitriles is 1. The van der Waals surface area contributed by atoms with Crippen molar-refractivity contribution in [1.29, 1.82) is 5.26 Å². The average Bonchev–Trinajstić information content (AvgIpc) is 2.22. The summed E-state index contributed by atoms with van der Waals surface area (Å²) in [7, 11) is 0. The number of nitrogens with zero attached hydrogens (tertiary/aromatic N) is 2. The maximum Gasteiger partial charge on any atom is 0.0967 e. The van der Waals surface area contributed by atoms with Gasteiger partial charge < -0.3 is 4.74 Å². The van der Waals surface area contributed by atoms with Crippen LogP contribution in [0.5, 0.6) is 0 Å². The second-order valence-electron chi connectivity index (χ2n) is 5.68. The summed E-state index contributed by atoms with van der Waals surface area (Å²) in [4.78, 5) is 2.38. The number of ether oxygens (including phenoxy) is 1. The highest BCUT2D eigenvalue weighted by Gasteiger charge is 2.27. The van der Waals surface area contributed by atoms with Crippen molar-refractivity contribution in [2.75, 3.05) is 26.2 Å². The van der Waals surface area contributed by atoms with Crippen molar-refractivity contribution >= 4 is 0 Å². The molecule has 0 aromatic carbocycles. The Hall–Kier alpha value is -0.630. The zero-order valence-corrected chi connectivity index (χ0v) is 11.5. The molecule has 0 aromatic rings. The molecule has 0 aromatic heterocycles. The molecular weight excluding hydrogens is 214 g/mol. The molecule has 98 valence electrons. The van der Waals surface area contributed by atoms with Gasteiger partial charge in [-0.1, -0.05) is 0 Å². The van der Waals surface area contributed by atoms with Crippen LogP contribution >= 0.6 is 0 Å². The molecule has 1 unspecified atom stereocenters. The lowest BCUT2D eigenvalue weighted by Gasteiger charge is -2.38. The van der Waals surface area contributed by atoms with Gasteiger partial charge in [0.15, 0.2) is 0 Å². The second-order valence-corrected chi connectivity index (χ2v) is 5.68. The Balaban J connectivity index is 2.32. The van der Waals surface area contributed by atoms with Gasteiger partial charge in [-0.05, 0) is 34.1 Å². The first kappa shape index (κ1) is 14.4. The summed E-state index contributed by atoms with van der Waals surface area (Å²) in [5.41, 5.74) is -0.0497. The molecule has 1 atom stereocenters. The van der Waals surface area contributed by atoms with Crippen LogP contribution in [0.15, 0.2) is 0 Å². The highest BCUT2D eigenvalue weighted by molar-refractivity contribution is 4.91. The zero-order valence-electron chi connectivity index (χ0n) is 11.5.